The first-order chi connectivity index (χ1) is 13.1. The SMILES string of the molecule is CSc1[nH]c(=O)c(C2=C(F)CCC(Cl)=C2)cc1Nc1ncnc2[nH]ccc12. The second-order valence-corrected chi connectivity index (χ2v) is 7.26. The average Bonchev–Trinajstić information content (AvgIpc) is 3.15. The van der Waals surface area contributed by atoms with E-state index in [4.69, 9.17) is 11.6 Å². The molecule has 0 radical (unpaired) electrons. The molecule has 0 unspecified atom stereocenters. The van der Waals surface area contributed by atoms with Gasteiger partial charge in [-0.25, -0.2) is 14.4 Å². The molecular formula is C18H15ClFN5OS. The molecular weight excluding hydrogens is 389 g/mol. The molecule has 0 fully saturated rings. The molecule has 3 aromatic heterocycles. The van der Waals surface area contributed by atoms with Crippen molar-refractivity contribution in [2.75, 3.05) is 11.6 Å². The van der Waals surface area contributed by atoms with Crippen LogP contribution in [-0.4, -0.2) is 26.2 Å². The van der Waals surface area contributed by atoms with E-state index in [1.807, 2.05) is 12.3 Å². The standard InChI is InChI=1S/C18H15ClFN5OS/c1-27-18-14(24-16-10-4-5-21-15(10)22-8-23-16)7-12(17(26)25-18)11-6-9(19)2-3-13(11)20/h4-8H,2-3H2,1H3,(H,25,26)(H2,21,22,23,24). The molecule has 4 rings (SSSR count). The Labute approximate surface area is 163 Å². The number of allylic oxidation sites excluding steroid dienone is 4. The van der Waals surface area contributed by atoms with Crippen LogP contribution >= 0.6 is 23.4 Å². The third kappa shape index (κ3) is 3.38. The van der Waals surface area contributed by atoms with Crippen molar-refractivity contribution >= 4 is 51.5 Å². The van der Waals surface area contributed by atoms with Gasteiger partial charge in [-0.3, -0.25) is 4.79 Å². The molecule has 0 bridgehead atoms. The Morgan fingerprint density at radius 3 is 3.00 bits per heavy atom. The van der Waals surface area contributed by atoms with E-state index in [0.29, 0.717) is 33.6 Å². The summed E-state index contributed by atoms with van der Waals surface area (Å²) in [6.45, 7) is 0. The Bertz CT molecular complexity index is 1150. The van der Waals surface area contributed by atoms with Crippen molar-refractivity contribution in [3.05, 3.63) is 57.5 Å². The van der Waals surface area contributed by atoms with Gasteiger partial charge in [-0.15, -0.1) is 11.8 Å². The summed E-state index contributed by atoms with van der Waals surface area (Å²) < 4.78 is 14.4. The minimum absolute atomic E-state index is 0.188. The number of anilines is 2. The van der Waals surface area contributed by atoms with Crippen LogP contribution in [0.4, 0.5) is 15.9 Å². The smallest absolute Gasteiger partial charge is 0.256 e. The van der Waals surface area contributed by atoms with Gasteiger partial charge in [-0.05, 0) is 30.9 Å². The number of fused-ring (bicyclic) bond motifs is 1. The highest BCUT2D eigenvalue weighted by molar-refractivity contribution is 7.98. The number of thioether (sulfide) groups is 1. The highest BCUT2D eigenvalue weighted by atomic mass is 35.5. The lowest BCUT2D eigenvalue weighted by Gasteiger charge is -2.15. The molecule has 0 atom stereocenters. The van der Waals surface area contributed by atoms with E-state index in [9.17, 15) is 9.18 Å². The number of pyridine rings is 1. The zero-order valence-corrected chi connectivity index (χ0v) is 15.8. The second kappa shape index (κ2) is 7.21. The Hall–Kier alpha value is -2.58. The summed E-state index contributed by atoms with van der Waals surface area (Å²) in [6, 6.07) is 3.49. The fourth-order valence-corrected chi connectivity index (χ4v) is 3.69. The van der Waals surface area contributed by atoms with E-state index >= 15 is 0 Å². The average molecular weight is 404 g/mol. The molecule has 0 saturated carbocycles. The molecule has 0 aromatic carbocycles. The van der Waals surface area contributed by atoms with Crippen LogP contribution in [0.3, 0.4) is 0 Å². The highest BCUT2D eigenvalue weighted by Gasteiger charge is 2.19. The van der Waals surface area contributed by atoms with E-state index in [0.717, 1.165) is 5.39 Å². The van der Waals surface area contributed by atoms with Crippen LogP contribution in [0, 0.1) is 0 Å². The number of nitrogens with zero attached hydrogens (tertiary/aromatic N) is 2. The van der Waals surface area contributed by atoms with Gasteiger partial charge < -0.3 is 15.3 Å². The molecule has 27 heavy (non-hydrogen) atoms. The van der Waals surface area contributed by atoms with Crippen molar-refractivity contribution in [3.8, 4) is 0 Å². The van der Waals surface area contributed by atoms with E-state index in [2.05, 4.69) is 25.3 Å². The van der Waals surface area contributed by atoms with Crippen molar-refractivity contribution in [1.82, 2.24) is 19.9 Å². The highest BCUT2D eigenvalue weighted by Crippen LogP contribution is 2.35. The monoisotopic (exact) mass is 403 g/mol. The van der Waals surface area contributed by atoms with E-state index < -0.39 is 0 Å². The number of hydrogen-bond acceptors (Lipinski definition) is 5. The van der Waals surface area contributed by atoms with E-state index in [-0.39, 0.29) is 28.9 Å². The lowest BCUT2D eigenvalue weighted by molar-refractivity contribution is 0.590. The molecule has 0 amide bonds. The summed E-state index contributed by atoms with van der Waals surface area (Å²) in [5.74, 6) is 0.240. The predicted molar refractivity (Wildman–Crippen MR) is 107 cm³/mol. The van der Waals surface area contributed by atoms with Gasteiger partial charge in [0.25, 0.3) is 5.56 Å². The second-order valence-electron chi connectivity index (χ2n) is 5.96. The third-order valence-electron chi connectivity index (χ3n) is 4.28. The van der Waals surface area contributed by atoms with Crippen molar-refractivity contribution in [2.45, 2.75) is 17.9 Å². The summed E-state index contributed by atoms with van der Waals surface area (Å²) in [5.41, 5.74) is 1.39. The van der Waals surface area contributed by atoms with Crippen LogP contribution in [0.5, 0.6) is 0 Å². The largest absolute Gasteiger partial charge is 0.346 e. The van der Waals surface area contributed by atoms with Crippen LogP contribution in [0.1, 0.15) is 18.4 Å². The number of rotatable bonds is 4. The summed E-state index contributed by atoms with van der Waals surface area (Å²) in [5, 5.41) is 5.18. The Balaban J connectivity index is 1.83. The summed E-state index contributed by atoms with van der Waals surface area (Å²) in [4.78, 5) is 26.8. The zero-order valence-electron chi connectivity index (χ0n) is 14.3. The number of H-pyrrole nitrogens is 2. The lowest BCUT2D eigenvalue weighted by Crippen LogP contribution is -2.15. The zero-order chi connectivity index (χ0) is 19.0. The molecule has 0 saturated heterocycles. The van der Waals surface area contributed by atoms with Gasteiger partial charge in [-0.2, -0.15) is 0 Å². The fraction of sp³-hybridized carbons (Fsp3) is 0.167. The van der Waals surface area contributed by atoms with Crippen LogP contribution in [0.25, 0.3) is 16.6 Å². The molecule has 3 aromatic rings. The van der Waals surface area contributed by atoms with Crippen LogP contribution < -0.4 is 10.9 Å². The fourth-order valence-electron chi connectivity index (χ4n) is 2.96. The number of nitrogens with one attached hydrogen (secondary N) is 3. The van der Waals surface area contributed by atoms with Gasteiger partial charge in [0.1, 0.15) is 23.6 Å². The van der Waals surface area contributed by atoms with Crippen molar-refractivity contribution in [1.29, 1.82) is 0 Å². The first kappa shape index (κ1) is 17.8. The van der Waals surface area contributed by atoms with Crippen LogP contribution in [0.15, 0.2) is 51.4 Å². The number of aromatic nitrogens is 4. The maximum Gasteiger partial charge on any atom is 0.256 e. The Morgan fingerprint density at radius 2 is 2.19 bits per heavy atom. The molecule has 1 aliphatic rings. The molecule has 0 spiro atoms. The Kier molecular flexibility index (Phi) is 4.75. The van der Waals surface area contributed by atoms with Crippen LogP contribution in [0.2, 0.25) is 0 Å². The van der Waals surface area contributed by atoms with Gasteiger partial charge >= 0.3 is 0 Å². The lowest BCUT2D eigenvalue weighted by atomic mass is 9.99. The first-order valence-electron chi connectivity index (χ1n) is 8.18. The molecule has 3 heterocycles. The van der Waals surface area contributed by atoms with Crippen molar-refractivity contribution in [2.24, 2.45) is 0 Å². The van der Waals surface area contributed by atoms with Crippen LogP contribution in [-0.2, 0) is 0 Å². The number of hydrogen-bond donors (Lipinski definition) is 3. The molecule has 138 valence electrons. The van der Waals surface area contributed by atoms with Gasteiger partial charge in [0.15, 0.2) is 0 Å². The quantitative estimate of drug-likeness (QED) is 0.549. The first-order valence-corrected chi connectivity index (χ1v) is 9.78. The van der Waals surface area contributed by atoms with Gasteiger partial charge in [-0.1, -0.05) is 11.6 Å². The number of aromatic amines is 2. The van der Waals surface area contributed by atoms with E-state index in [1.54, 1.807) is 12.3 Å². The molecule has 0 aliphatic heterocycles. The summed E-state index contributed by atoms with van der Waals surface area (Å²) in [6.07, 6.45) is 7.20. The predicted octanol–water partition coefficient (Wildman–Crippen LogP) is 4.71. The topological polar surface area (TPSA) is 86.5 Å². The molecule has 1 aliphatic carbocycles. The van der Waals surface area contributed by atoms with Crippen molar-refractivity contribution < 1.29 is 4.39 Å². The molecule has 9 heteroatoms. The Morgan fingerprint density at radius 1 is 1.33 bits per heavy atom. The summed E-state index contributed by atoms with van der Waals surface area (Å²) in [7, 11) is 0. The van der Waals surface area contributed by atoms with Gasteiger partial charge in [0, 0.05) is 23.2 Å². The normalized spacial score (nSPS) is 14.6. The van der Waals surface area contributed by atoms with Crippen molar-refractivity contribution in [3.63, 3.8) is 0 Å². The summed E-state index contributed by atoms with van der Waals surface area (Å²) >= 11 is 7.44. The minimum Gasteiger partial charge on any atom is -0.346 e. The van der Waals surface area contributed by atoms with Gasteiger partial charge in [0.2, 0.25) is 0 Å². The minimum atomic E-state index is -0.368. The third-order valence-corrected chi connectivity index (χ3v) is 5.31. The molecule has 6 nitrogen and oxygen atoms in total. The maximum atomic E-state index is 14.4. The number of halogens is 2. The van der Waals surface area contributed by atoms with E-state index in [1.165, 1.54) is 24.2 Å². The maximum absolute atomic E-state index is 14.4. The van der Waals surface area contributed by atoms with Gasteiger partial charge in [0.05, 0.1) is 21.7 Å². The molecule has 3 N–H and O–H groups in total.